The van der Waals surface area contributed by atoms with Gasteiger partial charge in [-0.2, -0.15) is 0 Å². The molecule has 0 N–H and O–H groups in total. The number of hydrogen-bond donors (Lipinski definition) is 0. The minimum Gasteiger partial charge on any atom is -0.0848 e. The Morgan fingerprint density at radius 2 is 1.64 bits per heavy atom. The van der Waals surface area contributed by atoms with Crippen LogP contribution in [0.1, 0.15) is 19.3 Å². The summed E-state index contributed by atoms with van der Waals surface area (Å²) in [6, 6.07) is 0. The summed E-state index contributed by atoms with van der Waals surface area (Å²) in [5.41, 5.74) is 0. The molecule has 4 rings (SSSR count). The lowest BCUT2D eigenvalue weighted by Crippen LogP contribution is -2.16. The van der Waals surface area contributed by atoms with Gasteiger partial charge in [-0.05, 0) is 54.8 Å². The molecule has 0 heteroatoms. The van der Waals surface area contributed by atoms with E-state index in [1.54, 1.807) is 12.8 Å². The predicted molar refractivity (Wildman–Crippen MR) is 43.9 cm³/mol. The Balaban J connectivity index is 1.81. The van der Waals surface area contributed by atoms with Gasteiger partial charge in [0.1, 0.15) is 0 Å². The van der Waals surface area contributed by atoms with Crippen LogP contribution in [0.2, 0.25) is 0 Å². The highest BCUT2D eigenvalue weighted by Crippen LogP contribution is 2.68. The van der Waals surface area contributed by atoms with E-state index < -0.39 is 0 Å². The first kappa shape index (κ1) is 5.40. The minimum atomic E-state index is 1.03. The normalized spacial score (nSPS) is 68.4. The van der Waals surface area contributed by atoms with Gasteiger partial charge in [-0.3, -0.25) is 0 Å². The Labute approximate surface area is 67.7 Å². The third-order valence-corrected chi connectivity index (χ3v) is 4.74. The van der Waals surface area contributed by atoms with Crippen molar-refractivity contribution in [3.63, 3.8) is 0 Å². The summed E-state index contributed by atoms with van der Waals surface area (Å²) in [5, 5.41) is 0. The van der Waals surface area contributed by atoms with Crippen LogP contribution in [0.25, 0.3) is 0 Å². The zero-order chi connectivity index (χ0) is 7.00. The van der Waals surface area contributed by atoms with Crippen molar-refractivity contribution in [3.05, 3.63) is 12.2 Å². The second-order valence-electron chi connectivity index (χ2n) is 5.08. The lowest BCUT2D eigenvalue weighted by Gasteiger charge is -2.22. The Hall–Kier alpha value is -0.260. The van der Waals surface area contributed by atoms with Gasteiger partial charge in [-0.15, -0.1) is 0 Å². The minimum absolute atomic E-state index is 1.03. The van der Waals surface area contributed by atoms with Gasteiger partial charge >= 0.3 is 0 Å². The first-order valence-corrected chi connectivity index (χ1v) is 5.12. The first-order valence-electron chi connectivity index (χ1n) is 5.12. The second kappa shape index (κ2) is 1.44. The topological polar surface area (TPSA) is 0 Å². The van der Waals surface area contributed by atoms with E-state index >= 15 is 0 Å². The van der Waals surface area contributed by atoms with Crippen LogP contribution < -0.4 is 0 Å². The maximum Gasteiger partial charge on any atom is -0.0194 e. The maximum absolute atomic E-state index is 2.52. The van der Waals surface area contributed by atoms with E-state index in [0.717, 1.165) is 23.7 Å². The third kappa shape index (κ3) is 0.483. The Bertz CT molecular complexity index is 240. The van der Waals surface area contributed by atoms with E-state index in [9.17, 15) is 0 Å². The predicted octanol–water partition coefficient (Wildman–Crippen LogP) is 2.46. The largest absolute Gasteiger partial charge is 0.0848 e. The number of allylic oxidation sites excluding steroid dienone is 2. The van der Waals surface area contributed by atoms with Gasteiger partial charge in [0.25, 0.3) is 0 Å². The summed E-state index contributed by atoms with van der Waals surface area (Å²) in [4.78, 5) is 0. The van der Waals surface area contributed by atoms with Gasteiger partial charge in [-0.25, -0.2) is 0 Å². The molecule has 0 radical (unpaired) electrons. The Morgan fingerprint density at radius 1 is 0.818 bits per heavy atom. The summed E-state index contributed by atoms with van der Waals surface area (Å²) in [7, 11) is 0. The van der Waals surface area contributed by atoms with Crippen molar-refractivity contribution >= 4 is 0 Å². The Morgan fingerprint density at radius 3 is 2.55 bits per heavy atom. The monoisotopic (exact) mass is 146 g/mol. The van der Waals surface area contributed by atoms with Crippen molar-refractivity contribution in [3.8, 4) is 0 Å². The maximum atomic E-state index is 2.52. The molecule has 0 saturated heterocycles. The van der Waals surface area contributed by atoms with E-state index in [1.807, 2.05) is 0 Å². The molecule has 4 aliphatic carbocycles. The molecule has 0 heterocycles. The Kier molecular flexibility index (Phi) is 0.706. The zero-order valence-electron chi connectivity index (χ0n) is 6.74. The molecule has 0 aromatic rings. The molecular formula is C11H14. The molecule has 4 aliphatic rings. The van der Waals surface area contributed by atoms with Crippen LogP contribution in [0.15, 0.2) is 12.2 Å². The molecule has 0 spiro atoms. The molecule has 6 atom stereocenters. The van der Waals surface area contributed by atoms with Crippen molar-refractivity contribution in [1.82, 2.24) is 0 Å². The molecule has 0 nitrogen and oxygen atoms in total. The van der Waals surface area contributed by atoms with Crippen LogP contribution in [0.5, 0.6) is 0 Å². The molecule has 58 valence electrons. The van der Waals surface area contributed by atoms with Gasteiger partial charge in [0.05, 0.1) is 0 Å². The first-order chi connectivity index (χ1) is 5.43. The van der Waals surface area contributed by atoms with Gasteiger partial charge < -0.3 is 0 Å². The van der Waals surface area contributed by atoms with Gasteiger partial charge in [-0.1, -0.05) is 12.2 Å². The van der Waals surface area contributed by atoms with Crippen molar-refractivity contribution in [2.75, 3.05) is 0 Å². The standard InChI is InChI=1S/C11H14/c1-2-7-3-6(1)9-4-8-5-10(8)11(7)9/h1-2,6-11H,3-5H2/t6-,7+,8+,9+,10-,11-/m1/s1. The fourth-order valence-corrected chi connectivity index (χ4v) is 4.29. The SMILES string of the molecule is C1=C[C@H]2C[C@@H]1[C@@H]1C[C@H]3C[C@H]3[C@@H]12. The highest BCUT2D eigenvalue weighted by atomic mass is 14.7. The highest BCUT2D eigenvalue weighted by molar-refractivity contribution is 5.20. The molecular weight excluding hydrogens is 132 g/mol. The van der Waals surface area contributed by atoms with E-state index in [-0.39, 0.29) is 0 Å². The van der Waals surface area contributed by atoms with Gasteiger partial charge in [0.15, 0.2) is 0 Å². The summed E-state index contributed by atoms with van der Waals surface area (Å²) < 4.78 is 0. The number of fused-ring (bicyclic) bond motifs is 7. The van der Waals surface area contributed by atoms with Crippen molar-refractivity contribution < 1.29 is 0 Å². The third-order valence-electron chi connectivity index (χ3n) is 4.74. The van der Waals surface area contributed by atoms with Crippen molar-refractivity contribution in [1.29, 1.82) is 0 Å². The van der Waals surface area contributed by atoms with Crippen LogP contribution in [-0.2, 0) is 0 Å². The van der Waals surface area contributed by atoms with Crippen molar-refractivity contribution in [2.45, 2.75) is 19.3 Å². The lowest BCUT2D eigenvalue weighted by molar-refractivity contribution is 0.315. The molecule has 0 unspecified atom stereocenters. The highest BCUT2D eigenvalue weighted by Gasteiger charge is 2.60. The van der Waals surface area contributed by atoms with E-state index in [2.05, 4.69) is 12.2 Å². The number of hydrogen-bond acceptors (Lipinski definition) is 0. The summed E-state index contributed by atoms with van der Waals surface area (Å²) >= 11 is 0. The van der Waals surface area contributed by atoms with Crippen LogP contribution in [-0.4, -0.2) is 0 Å². The van der Waals surface area contributed by atoms with E-state index in [4.69, 9.17) is 0 Å². The fourth-order valence-electron chi connectivity index (χ4n) is 4.29. The smallest absolute Gasteiger partial charge is 0.0194 e. The lowest BCUT2D eigenvalue weighted by atomic mass is 9.82. The summed E-state index contributed by atoms with van der Waals surface area (Å²) in [6.45, 7) is 0. The van der Waals surface area contributed by atoms with Crippen LogP contribution >= 0.6 is 0 Å². The summed E-state index contributed by atoms with van der Waals surface area (Å²) in [6.07, 6.45) is 9.75. The molecule has 0 aliphatic heterocycles. The molecule has 2 bridgehead atoms. The molecule has 11 heavy (non-hydrogen) atoms. The van der Waals surface area contributed by atoms with Crippen LogP contribution in [0.3, 0.4) is 0 Å². The fraction of sp³-hybridized carbons (Fsp3) is 0.818. The van der Waals surface area contributed by atoms with Gasteiger partial charge in [0, 0.05) is 0 Å². The molecule has 3 fully saturated rings. The van der Waals surface area contributed by atoms with E-state index in [1.165, 1.54) is 18.3 Å². The van der Waals surface area contributed by atoms with Gasteiger partial charge in [0.2, 0.25) is 0 Å². The summed E-state index contributed by atoms with van der Waals surface area (Å²) in [5.74, 6) is 6.75. The second-order valence-corrected chi connectivity index (χ2v) is 5.08. The average molecular weight is 146 g/mol. The quantitative estimate of drug-likeness (QED) is 0.460. The van der Waals surface area contributed by atoms with Crippen molar-refractivity contribution in [2.24, 2.45) is 35.5 Å². The van der Waals surface area contributed by atoms with E-state index in [0.29, 0.717) is 0 Å². The average Bonchev–Trinajstić information content (AvgIpc) is 2.53. The molecule has 0 aromatic carbocycles. The van der Waals surface area contributed by atoms with Crippen LogP contribution in [0, 0.1) is 35.5 Å². The molecule has 0 aromatic heterocycles. The zero-order valence-corrected chi connectivity index (χ0v) is 6.74. The molecule has 0 amide bonds. The number of rotatable bonds is 0. The van der Waals surface area contributed by atoms with Crippen LogP contribution in [0.4, 0.5) is 0 Å². The molecule has 3 saturated carbocycles.